The van der Waals surface area contributed by atoms with Crippen molar-refractivity contribution < 1.29 is 9.47 Å². The molecule has 1 rings (SSSR count). The minimum atomic E-state index is 0.0327. The Kier molecular flexibility index (Phi) is 3.16. The van der Waals surface area contributed by atoms with Gasteiger partial charge in [-0.15, -0.1) is 0 Å². The van der Waals surface area contributed by atoms with Gasteiger partial charge in [0, 0.05) is 20.6 Å². The molecule has 60 valence electrons. The van der Waals surface area contributed by atoms with Crippen molar-refractivity contribution in [2.45, 2.75) is 32.0 Å². The van der Waals surface area contributed by atoms with Gasteiger partial charge >= 0.3 is 0 Å². The first-order valence-electron chi connectivity index (χ1n) is 3.92. The van der Waals surface area contributed by atoms with Gasteiger partial charge in [-0.1, -0.05) is 19.3 Å². The van der Waals surface area contributed by atoms with E-state index < -0.39 is 0 Å². The molecule has 1 fully saturated rings. The fourth-order valence-corrected chi connectivity index (χ4v) is 1.29. The number of ether oxygens (including phenoxy) is 2. The van der Waals surface area contributed by atoms with Gasteiger partial charge in [0.2, 0.25) is 0 Å². The van der Waals surface area contributed by atoms with Crippen molar-refractivity contribution in [2.24, 2.45) is 5.92 Å². The van der Waals surface area contributed by atoms with Crippen LogP contribution >= 0.6 is 0 Å². The maximum absolute atomic E-state index is 5.08. The maximum atomic E-state index is 5.08. The topological polar surface area (TPSA) is 18.5 Å². The number of methoxy groups -OCH3 is 2. The molecular weight excluding hydrogens is 128 g/mol. The van der Waals surface area contributed by atoms with Crippen LogP contribution in [0, 0.1) is 5.92 Å². The lowest BCUT2D eigenvalue weighted by Crippen LogP contribution is -2.22. The molecule has 0 spiro atoms. The molecule has 2 heteroatoms. The highest BCUT2D eigenvalue weighted by Crippen LogP contribution is 2.30. The third-order valence-corrected chi connectivity index (χ3v) is 2.28. The van der Waals surface area contributed by atoms with Gasteiger partial charge in [0.25, 0.3) is 0 Å². The lowest BCUT2D eigenvalue weighted by atomic mass is 9.83. The van der Waals surface area contributed by atoms with E-state index in [1.807, 2.05) is 0 Å². The molecule has 0 N–H and O–H groups in total. The fourth-order valence-electron chi connectivity index (χ4n) is 1.29. The summed E-state index contributed by atoms with van der Waals surface area (Å²) in [6.45, 7) is 0. The first-order chi connectivity index (χ1) is 4.86. The molecule has 0 bridgehead atoms. The summed E-state index contributed by atoms with van der Waals surface area (Å²) >= 11 is 0. The normalized spacial score (nSPS) is 19.5. The second-order valence-corrected chi connectivity index (χ2v) is 2.93. The molecule has 0 amide bonds. The molecule has 0 aliphatic heterocycles. The molecule has 0 aromatic carbocycles. The van der Waals surface area contributed by atoms with E-state index in [0.29, 0.717) is 0 Å². The first kappa shape index (κ1) is 8.02. The summed E-state index contributed by atoms with van der Waals surface area (Å²) < 4.78 is 10.2. The summed E-state index contributed by atoms with van der Waals surface area (Å²) in [5, 5.41) is 0. The second kappa shape index (κ2) is 3.94. The third-order valence-electron chi connectivity index (χ3n) is 2.28. The van der Waals surface area contributed by atoms with Crippen molar-refractivity contribution in [2.75, 3.05) is 14.2 Å². The van der Waals surface area contributed by atoms with E-state index in [2.05, 4.69) is 0 Å². The van der Waals surface area contributed by atoms with E-state index in [4.69, 9.17) is 9.47 Å². The lowest BCUT2D eigenvalue weighted by Gasteiger charge is -2.28. The summed E-state index contributed by atoms with van der Waals surface area (Å²) in [6, 6.07) is 0. The van der Waals surface area contributed by atoms with Crippen LogP contribution in [0.15, 0.2) is 0 Å². The van der Waals surface area contributed by atoms with Gasteiger partial charge in [0.15, 0.2) is 6.29 Å². The van der Waals surface area contributed by atoms with Gasteiger partial charge < -0.3 is 9.47 Å². The van der Waals surface area contributed by atoms with Gasteiger partial charge in [0.1, 0.15) is 0 Å². The molecule has 0 atom stereocenters. The van der Waals surface area contributed by atoms with Crippen LogP contribution in [-0.4, -0.2) is 20.5 Å². The predicted octanol–water partition coefficient (Wildman–Crippen LogP) is 1.80. The Labute approximate surface area is 62.5 Å². The summed E-state index contributed by atoms with van der Waals surface area (Å²) in [6.07, 6.45) is 5.23. The minimum absolute atomic E-state index is 0.0327. The molecule has 0 saturated heterocycles. The Morgan fingerprint density at radius 1 is 1.30 bits per heavy atom. The third kappa shape index (κ3) is 1.96. The molecule has 0 radical (unpaired) electrons. The molecule has 1 saturated carbocycles. The van der Waals surface area contributed by atoms with Crippen LogP contribution in [0.3, 0.4) is 0 Å². The van der Waals surface area contributed by atoms with Crippen molar-refractivity contribution in [1.82, 2.24) is 0 Å². The quantitative estimate of drug-likeness (QED) is 0.560. The molecule has 0 heterocycles. The standard InChI is InChI=1S/C8H16O2/c1-9-8(10-2)6-7-4-3-5-7/h7-8H,3-6H2,1-2H3. The summed E-state index contributed by atoms with van der Waals surface area (Å²) in [7, 11) is 3.40. The van der Waals surface area contributed by atoms with E-state index in [9.17, 15) is 0 Å². The van der Waals surface area contributed by atoms with Crippen molar-refractivity contribution in [3.8, 4) is 0 Å². The van der Waals surface area contributed by atoms with Crippen LogP contribution in [0.25, 0.3) is 0 Å². The van der Waals surface area contributed by atoms with Crippen LogP contribution in [-0.2, 0) is 9.47 Å². The van der Waals surface area contributed by atoms with Crippen LogP contribution in [0.1, 0.15) is 25.7 Å². The van der Waals surface area contributed by atoms with E-state index in [-0.39, 0.29) is 6.29 Å². The van der Waals surface area contributed by atoms with Crippen LogP contribution in [0.4, 0.5) is 0 Å². The summed E-state index contributed by atoms with van der Waals surface area (Å²) in [4.78, 5) is 0. The molecule has 0 aromatic heterocycles. The monoisotopic (exact) mass is 144 g/mol. The van der Waals surface area contributed by atoms with Gasteiger partial charge in [-0.3, -0.25) is 0 Å². The first-order valence-corrected chi connectivity index (χ1v) is 3.92. The van der Waals surface area contributed by atoms with E-state index in [1.54, 1.807) is 14.2 Å². The Balaban J connectivity index is 2.08. The van der Waals surface area contributed by atoms with Crippen LogP contribution in [0.2, 0.25) is 0 Å². The Morgan fingerprint density at radius 2 is 1.90 bits per heavy atom. The van der Waals surface area contributed by atoms with Crippen LogP contribution in [0.5, 0.6) is 0 Å². The molecule has 0 aromatic rings. The van der Waals surface area contributed by atoms with Gasteiger partial charge in [-0.25, -0.2) is 0 Å². The Bertz CT molecular complexity index is 85.3. The van der Waals surface area contributed by atoms with Crippen molar-refractivity contribution >= 4 is 0 Å². The highest BCUT2D eigenvalue weighted by Gasteiger charge is 2.21. The Morgan fingerprint density at radius 3 is 2.20 bits per heavy atom. The smallest absolute Gasteiger partial charge is 0.157 e. The van der Waals surface area contributed by atoms with Gasteiger partial charge in [0.05, 0.1) is 0 Å². The summed E-state index contributed by atoms with van der Waals surface area (Å²) in [5.41, 5.74) is 0. The highest BCUT2D eigenvalue weighted by molar-refractivity contribution is 4.70. The molecule has 1 aliphatic rings. The maximum Gasteiger partial charge on any atom is 0.157 e. The van der Waals surface area contributed by atoms with E-state index >= 15 is 0 Å². The lowest BCUT2D eigenvalue weighted by molar-refractivity contribution is -0.118. The van der Waals surface area contributed by atoms with Crippen molar-refractivity contribution in [3.63, 3.8) is 0 Å². The zero-order chi connectivity index (χ0) is 7.40. The highest BCUT2D eigenvalue weighted by atomic mass is 16.7. The fraction of sp³-hybridized carbons (Fsp3) is 1.00. The Hall–Kier alpha value is -0.0800. The van der Waals surface area contributed by atoms with Crippen molar-refractivity contribution in [3.05, 3.63) is 0 Å². The predicted molar refractivity (Wildman–Crippen MR) is 39.8 cm³/mol. The second-order valence-electron chi connectivity index (χ2n) is 2.93. The zero-order valence-corrected chi connectivity index (χ0v) is 6.80. The largest absolute Gasteiger partial charge is 0.356 e. The van der Waals surface area contributed by atoms with Gasteiger partial charge in [-0.2, -0.15) is 0 Å². The molecular formula is C8H16O2. The molecule has 1 aliphatic carbocycles. The van der Waals surface area contributed by atoms with E-state index in [0.717, 1.165) is 12.3 Å². The number of rotatable bonds is 4. The zero-order valence-electron chi connectivity index (χ0n) is 6.80. The molecule has 10 heavy (non-hydrogen) atoms. The number of hydrogen-bond acceptors (Lipinski definition) is 2. The van der Waals surface area contributed by atoms with E-state index in [1.165, 1.54) is 19.3 Å². The number of hydrogen-bond donors (Lipinski definition) is 0. The minimum Gasteiger partial charge on any atom is -0.356 e. The summed E-state index contributed by atoms with van der Waals surface area (Å²) in [5.74, 6) is 0.866. The average molecular weight is 144 g/mol. The SMILES string of the molecule is COC(CC1CCC1)OC. The van der Waals surface area contributed by atoms with Crippen molar-refractivity contribution in [1.29, 1.82) is 0 Å². The molecule has 0 unspecified atom stereocenters. The van der Waals surface area contributed by atoms with Crippen LogP contribution < -0.4 is 0 Å². The molecule has 2 nitrogen and oxygen atoms in total. The van der Waals surface area contributed by atoms with Gasteiger partial charge in [-0.05, 0) is 5.92 Å². The average Bonchev–Trinajstić information content (AvgIpc) is 1.87.